The van der Waals surface area contributed by atoms with Gasteiger partial charge in [-0.3, -0.25) is 0 Å². The van der Waals surface area contributed by atoms with E-state index >= 15 is 0 Å². The van der Waals surface area contributed by atoms with Crippen LogP contribution in [0.15, 0.2) is 30.6 Å². The monoisotopic (exact) mass is 246 g/mol. The summed E-state index contributed by atoms with van der Waals surface area (Å²) >= 11 is 0. The van der Waals surface area contributed by atoms with Crippen LogP contribution in [0.2, 0.25) is 0 Å². The van der Waals surface area contributed by atoms with E-state index in [1.165, 1.54) is 0 Å². The summed E-state index contributed by atoms with van der Waals surface area (Å²) in [5, 5.41) is 8.92. The van der Waals surface area contributed by atoms with Gasteiger partial charge in [-0.25, -0.2) is 9.78 Å². The Hall–Kier alpha value is -2.30. The molecule has 0 spiro atoms. The molecule has 1 aromatic carbocycles. The fraction of sp³-hybridized carbons (Fsp3) is 0.231. The van der Waals surface area contributed by atoms with Gasteiger partial charge in [-0.15, -0.1) is 0 Å². The molecular weight excluding hydrogens is 232 g/mol. The number of benzene rings is 1. The van der Waals surface area contributed by atoms with Crippen LogP contribution in [0.4, 0.5) is 0 Å². The SMILES string of the molecule is Cc1cc(OCc2nccn2C)ccc1C(=O)O. The first-order valence-corrected chi connectivity index (χ1v) is 5.51. The summed E-state index contributed by atoms with van der Waals surface area (Å²) < 4.78 is 7.44. The summed E-state index contributed by atoms with van der Waals surface area (Å²) in [6.07, 6.45) is 3.55. The van der Waals surface area contributed by atoms with Gasteiger partial charge in [-0.1, -0.05) is 0 Å². The fourth-order valence-corrected chi connectivity index (χ4v) is 1.65. The maximum Gasteiger partial charge on any atom is 0.335 e. The van der Waals surface area contributed by atoms with Crippen molar-refractivity contribution in [2.45, 2.75) is 13.5 Å². The predicted molar refractivity (Wildman–Crippen MR) is 65.7 cm³/mol. The normalized spacial score (nSPS) is 10.3. The number of aryl methyl sites for hydroxylation is 2. The highest BCUT2D eigenvalue weighted by Crippen LogP contribution is 2.18. The van der Waals surface area contributed by atoms with Crippen LogP contribution in [0.5, 0.6) is 5.75 Å². The fourth-order valence-electron chi connectivity index (χ4n) is 1.65. The van der Waals surface area contributed by atoms with Crippen molar-refractivity contribution in [1.82, 2.24) is 9.55 Å². The molecule has 0 amide bonds. The Kier molecular flexibility index (Phi) is 3.32. The van der Waals surface area contributed by atoms with E-state index < -0.39 is 5.97 Å². The zero-order chi connectivity index (χ0) is 13.1. The van der Waals surface area contributed by atoms with Gasteiger partial charge in [0.1, 0.15) is 18.2 Å². The zero-order valence-corrected chi connectivity index (χ0v) is 10.3. The lowest BCUT2D eigenvalue weighted by molar-refractivity contribution is 0.0696. The van der Waals surface area contributed by atoms with Crippen LogP contribution in [0, 0.1) is 6.92 Å². The number of carbonyl (C=O) groups is 1. The third kappa shape index (κ3) is 2.51. The number of aromatic carboxylic acids is 1. The molecule has 0 atom stereocenters. The molecule has 1 aromatic heterocycles. The summed E-state index contributed by atoms with van der Waals surface area (Å²) in [5.41, 5.74) is 0.971. The molecule has 0 radical (unpaired) electrons. The summed E-state index contributed by atoms with van der Waals surface area (Å²) in [6, 6.07) is 4.91. The van der Waals surface area contributed by atoms with Crippen molar-refractivity contribution in [1.29, 1.82) is 0 Å². The lowest BCUT2D eigenvalue weighted by atomic mass is 10.1. The van der Waals surface area contributed by atoms with Crippen LogP contribution in [0.1, 0.15) is 21.7 Å². The van der Waals surface area contributed by atoms with Crippen molar-refractivity contribution in [3.05, 3.63) is 47.5 Å². The minimum absolute atomic E-state index is 0.291. The van der Waals surface area contributed by atoms with E-state index in [1.807, 2.05) is 17.8 Å². The lowest BCUT2D eigenvalue weighted by Crippen LogP contribution is -2.04. The first kappa shape index (κ1) is 12.2. The average molecular weight is 246 g/mol. The standard InChI is InChI=1S/C13H14N2O3/c1-9-7-10(3-4-11(9)13(16)17)18-8-12-14-5-6-15(12)2/h3-7H,8H2,1-2H3,(H,16,17). The molecule has 2 aromatic rings. The lowest BCUT2D eigenvalue weighted by Gasteiger charge is -2.08. The van der Waals surface area contributed by atoms with E-state index in [0.717, 1.165) is 5.82 Å². The summed E-state index contributed by atoms with van der Waals surface area (Å²) in [6.45, 7) is 2.10. The summed E-state index contributed by atoms with van der Waals surface area (Å²) in [7, 11) is 1.89. The van der Waals surface area contributed by atoms with Gasteiger partial charge >= 0.3 is 5.97 Å². The third-order valence-corrected chi connectivity index (χ3v) is 2.72. The quantitative estimate of drug-likeness (QED) is 0.896. The van der Waals surface area contributed by atoms with Gasteiger partial charge in [0, 0.05) is 19.4 Å². The number of aromatic nitrogens is 2. The molecular formula is C13H14N2O3. The molecule has 94 valence electrons. The van der Waals surface area contributed by atoms with E-state index in [2.05, 4.69) is 4.98 Å². The van der Waals surface area contributed by atoms with Gasteiger partial charge in [-0.05, 0) is 30.7 Å². The van der Waals surface area contributed by atoms with E-state index in [-0.39, 0.29) is 0 Å². The van der Waals surface area contributed by atoms with Crippen molar-refractivity contribution >= 4 is 5.97 Å². The van der Waals surface area contributed by atoms with Gasteiger partial charge in [-0.2, -0.15) is 0 Å². The molecule has 0 saturated carbocycles. The molecule has 2 rings (SSSR count). The van der Waals surface area contributed by atoms with Crippen molar-refractivity contribution in [2.75, 3.05) is 0 Å². The average Bonchev–Trinajstić information content (AvgIpc) is 2.72. The van der Waals surface area contributed by atoms with Crippen LogP contribution in [-0.4, -0.2) is 20.6 Å². The van der Waals surface area contributed by atoms with Crippen LogP contribution >= 0.6 is 0 Å². The van der Waals surface area contributed by atoms with Gasteiger partial charge in [0.05, 0.1) is 5.56 Å². The molecule has 0 aliphatic heterocycles. The second kappa shape index (κ2) is 4.91. The second-order valence-corrected chi connectivity index (χ2v) is 4.02. The minimum Gasteiger partial charge on any atom is -0.486 e. The smallest absolute Gasteiger partial charge is 0.335 e. The van der Waals surface area contributed by atoms with E-state index in [0.29, 0.717) is 23.5 Å². The summed E-state index contributed by atoms with van der Waals surface area (Å²) in [4.78, 5) is 15.0. The number of hydrogen-bond donors (Lipinski definition) is 1. The number of imidazole rings is 1. The highest BCUT2D eigenvalue weighted by Gasteiger charge is 2.08. The second-order valence-electron chi connectivity index (χ2n) is 4.02. The highest BCUT2D eigenvalue weighted by atomic mass is 16.5. The largest absolute Gasteiger partial charge is 0.486 e. The Labute approximate surface area is 105 Å². The minimum atomic E-state index is -0.928. The van der Waals surface area contributed by atoms with E-state index in [9.17, 15) is 4.79 Å². The topological polar surface area (TPSA) is 64.4 Å². The Morgan fingerprint density at radius 2 is 2.28 bits per heavy atom. The Morgan fingerprint density at radius 1 is 1.50 bits per heavy atom. The van der Waals surface area contributed by atoms with Crippen LogP contribution in [0.3, 0.4) is 0 Å². The third-order valence-electron chi connectivity index (χ3n) is 2.72. The maximum atomic E-state index is 10.9. The molecule has 0 unspecified atom stereocenters. The highest BCUT2D eigenvalue weighted by molar-refractivity contribution is 5.89. The van der Waals surface area contributed by atoms with Gasteiger partial charge < -0.3 is 14.4 Å². The molecule has 0 saturated heterocycles. The van der Waals surface area contributed by atoms with Crippen molar-refractivity contribution < 1.29 is 14.6 Å². The van der Waals surface area contributed by atoms with E-state index in [1.54, 1.807) is 31.3 Å². The molecule has 5 heteroatoms. The van der Waals surface area contributed by atoms with Gasteiger partial charge in [0.15, 0.2) is 0 Å². The Morgan fingerprint density at radius 3 is 2.83 bits per heavy atom. The van der Waals surface area contributed by atoms with Crippen LogP contribution < -0.4 is 4.74 Å². The molecule has 0 aliphatic carbocycles. The maximum absolute atomic E-state index is 10.9. The Bertz CT molecular complexity index is 575. The molecule has 5 nitrogen and oxygen atoms in total. The number of ether oxygens (including phenoxy) is 1. The molecule has 0 aliphatic rings. The van der Waals surface area contributed by atoms with Crippen molar-refractivity contribution in [3.63, 3.8) is 0 Å². The molecule has 0 bridgehead atoms. The number of carboxylic acid groups (broad SMARTS) is 1. The van der Waals surface area contributed by atoms with Crippen LogP contribution in [0.25, 0.3) is 0 Å². The van der Waals surface area contributed by atoms with Gasteiger partial charge in [0.25, 0.3) is 0 Å². The van der Waals surface area contributed by atoms with Gasteiger partial charge in [0.2, 0.25) is 0 Å². The molecule has 1 heterocycles. The molecule has 18 heavy (non-hydrogen) atoms. The number of carboxylic acids is 1. The molecule has 0 fully saturated rings. The summed E-state index contributed by atoms with van der Waals surface area (Å²) in [5.74, 6) is 0.526. The Balaban J connectivity index is 2.09. The number of rotatable bonds is 4. The first-order valence-electron chi connectivity index (χ1n) is 5.51. The van der Waals surface area contributed by atoms with Crippen molar-refractivity contribution in [2.24, 2.45) is 7.05 Å². The first-order chi connectivity index (χ1) is 8.58. The van der Waals surface area contributed by atoms with Crippen LogP contribution in [-0.2, 0) is 13.7 Å². The molecule has 1 N–H and O–H groups in total. The predicted octanol–water partition coefficient (Wildman–Crippen LogP) is 2.01. The van der Waals surface area contributed by atoms with E-state index in [4.69, 9.17) is 9.84 Å². The zero-order valence-electron chi connectivity index (χ0n) is 10.3. The number of hydrogen-bond acceptors (Lipinski definition) is 3. The van der Waals surface area contributed by atoms with Crippen molar-refractivity contribution in [3.8, 4) is 5.75 Å². The number of nitrogens with zero attached hydrogens (tertiary/aromatic N) is 2.